The summed E-state index contributed by atoms with van der Waals surface area (Å²) in [5.74, 6) is 0.933. The van der Waals surface area contributed by atoms with E-state index in [9.17, 15) is 0 Å². The van der Waals surface area contributed by atoms with Gasteiger partial charge in [0.2, 0.25) is 0 Å². The molecule has 7 aromatic rings. The van der Waals surface area contributed by atoms with Gasteiger partial charge in [-0.15, -0.1) is 0 Å². The third kappa shape index (κ3) is 3.92. The summed E-state index contributed by atoms with van der Waals surface area (Å²) in [4.78, 5) is 7.33. The van der Waals surface area contributed by atoms with Crippen molar-refractivity contribution in [2.75, 3.05) is 4.90 Å². The zero-order valence-electron chi connectivity index (χ0n) is 25.8. The lowest BCUT2D eigenvalue weighted by Crippen LogP contribution is -2.30. The third-order valence-electron chi connectivity index (χ3n) is 9.24. The Hall–Kier alpha value is -5.16. The van der Waals surface area contributed by atoms with Gasteiger partial charge >= 0.3 is 0 Å². The summed E-state index contributed by atoms with van der Waals surface area (Å²) in [5.41, 5.74) is 10.5. The molecule has 0 fully saturated rings. The van der Waals surface area contributed by atoms with Crippen LogP contribution in [0.2, 0.25) is 0 Å². The number of para-hydroxylation sites is 2. The first kappa shape index (κ1) is 26.5. The van der Waals surface area contributed by atoms with Crippen molar-refractivity contribution in [1.82, 2.24) is 19.3 Å². The van der Waals surface area contributed by atoms with Crippen molar-refractivity contribution in [2.45, 2.75) is 45.4 Å². The second-order valence-corrected chi connectivity index (χ2v) is 13.3. The third-order valence-corrected chi connectivity index (χ3v) is 9.24. The number of aromatic nitrogens is 4. The Morgan fingerprint density at radius 1 is 0.636 bits per heavy atom. The Labute approximate surface area is 258 Å². The van der Waals surface area contributed by atoms with Crippen LogP contribution in [0.25, 0.3) is 33.3 Å². The average molecular weight is 574 g/mol. The van der Waals surface area contributed by atoms with Crippen LogP contribution in [0.4, 0.5) is 17.1 Å². The fourth-order valence-corrected chi connectivity index (χ4v) is 6.90. The smallest absolute Gasteiger partial charge is 0.137 e. The second kappa shape index (κ2) is 9.42. The van der Waals surface area contributed by atoms with E-state index in [1.807, 2.05) is 29.3 Å². The van der Waals surface area contributed by atoms with Crippen LogP contribution in [-0.2, 0) is 10.8 Å². The topological polar surface area (TPSA) is 38.9 Å². The molecule has 0 saturated heterocycles. The van der Waals surface area contributed by atoms with Crippen LogP contribution in [0.5, 0.6) is 0 Å². The Bertz CT molecular complexity index is 2190. The monoisotopic (exact) mass is 573 g/mol. The normalized spacial score (nSPS) is 14.2. The second-order valence-electron chi connectivity index (χ2n) is 13.3. The molecule has 0 aliphatic carbocycles. The van der Waals surface area contributed by atoms with E-state index < -0.39 is 0 Å². The molecule has 0 saturated carbocycles. The fourth-order valence-electron chi connectivity index (χ4n) is 6.90. The molecule has 0 bridgehead atoms. The summed E-state index contributed by atoms with van der Waals surface area (Å²) in [6, 6.07) is 37.4. The van der Waals surface area contributed by atoms with E-state index >= 15 is 0 Å². The summed E-state index contributed by atoms with van der Waals surface area (Å²) in [6.45, 7) is 11.4. The lowest BCUT2D eigenvalue weighted by molar-refractivity contribution is 0.588. The van der Waals surface area contributed by atoms with Crippen molar-refractivity contribution in [2.24, 2.45) is 0 Å². The van der Waals surface area contributed by atoms with E-state index in [1.165, 1.54) is 33.2 Å². The Morgan fingerprint density at radius 3 is 2.20 bits per heavy atom. The van der Waals surface area contributed by atoms with E-state index in [-0.39, 0.29) is 10.8 Å². The van der Waals surface area contributed by atoms with Crippen LogP contribution < -0.4 is 4.90 Å². The van der Waals surface area contributed by atoms with Gasteiger partial charge in [0.05, 0.1) is 28.1 Å². The number of nitrogens with zero attached hydrogens (tertiary/aromatic N) is 5. The van der Waals surface area contributed by atoms with Gasteiger partial charge in [-0.05, 0) is 76.7 Å². The molecule has 1 aliphatic heterocycles. The van der Waals surface area contributed by atoms with Crippen molar-refractivity contribution in [1.29, 1.82) is 0 Å². The van der Waals surface area contributed by atoms with Crippen molar-refractivity contribution >= 4 is 38.9 Å². The van der Waals surface area contributed by atoms with Gasteiger partial charge in [-0.25, -0.2) is 9.67 Å². The molecular weight excluding hydrogens is 538 g/mol. The first-order valence-electron chi connectivity index (χ1n) is 15.3. The largest absolute Gasteiger partial charge is 0.310 e. The van der Waals surface area contributed by atoms with E-state index in [4.69, 9.17) is 4.98 Å². The van der Waals surface area contributed by atoms with Gasteiger partial charge < -0.3 is 4.90 Å². The summed E-state index contributed by atoms with van der Waals surface area (Å²) in [7, 11) is 0. The molecule has 4 heterocycles. The van der Waals surface area contributed by atoms with E-state index in [1.54, 1.807) is 0 Å². The van der Waals surface area contributed by atoms with Gasteiger partial charge in [0.15, 0.2) is 0 Å². The maximum Gasteiger partial charge on any atom is 0.137 e. The zero-order valence-corrected chi connectivity index (χ0v) is 25.8. The minimum absolute atomic E-state index is 0.0158. The Kier molecular flexibility index (Phi) is 5.67. The van der Waals surface area contributed by atoms with Crippen LogP contribution >= 0.6 is 0 Å². The number of hydrogen-bond donors (Lipinski definition) is 0. The number of anilines is 3. The van der Waals surface area contributed by atoms with Gasteiger partial charge in [0.25, 0.3) is 0 Å². The van der Waals surface area contributed by atoms with Gasteiger partial charge in [-0.3, -0.25) is 4.57 Å². The molecule has 0 N–H and O–H groups in total. The minimum Gasteiger partial charge on any atom is -0.310 e. The highest BCUT2D eigenvalue weighted by atomic mass is 15.3. The molecule has 3 aromatic heterocycles. The van der Waals surface area contributed by atoms with Crippen LogP contribution in [0, 0.1) is 0 Å². The van der Waals surface area contributed by atoms with Crippen LogP contribution in [0.3, 0.4) is 0 Å². The Balaban J connectivity index is 1.41. The van der Waals surface area contributed by atoms with Gasteiger partial charge in [-0.2, -0.15) is 5.10 Å². The zero-order chi connectivity index (χ0) is 30.2. The summed E-state index contributed by atoms with van der Waals surface area (Å²) in [6.07, 6.45) is 5.76. The fraction of sp³-hybridized carbons (Fsp3) is 0.179. The highest BCUT2D eigenvalue weighted by molar-refractivity contribution is 6.10. The van der Waals surface area contributed by atoms with Crippen molar-refractivity contribution < 1.29 is 0 Å². The lowest BCUT2D eigenvalue weighted by Gasteiger charge is -2.42. The Morgan fingerprint density at radius 2 is 1.39 bits per heavy atom. The van der Waals surface area contributed by atoms with Crippen molar-refractivity contribution in [3.8, 4) is 11.5 Å². The predicted molar refractivity (Wildman–Crippen MR) is 181 cm³/mol. The average Bonchev–Trinajstić information content (AvgIpc) is 3.68. The van der Waals surface area contributed by atoms with Gasteiger partial charge in [-0.1, -0.05) is 83.1 Å². The SMILES string of the molecule is CC(C)(C)c1ccnc(-n2c3ccccc3c3ccc(N4c5ccccc5C(C)(C)c5ccc(-n6cccn6)cc54)cc32)c1. The maximum absolute atomic E-state index is 4.91. The number of fused-ring (bicyclic) bond motifs is 5. The molecule has 0 radical (unpaired) electrons. The van der Waals surface area contributed by atoms with Crippen LogP contribution in [0.1, 0.15) is 51.3 Å². The molecule has 0 amide bonds. The van der Waals surface area contributed by atoms with Crippen LogP contribution in [-0.4, -0.2) is 19.3 Å². The molecule has 0 atom stereocenters. The van der Waals surface area contributed by atoms with Crippen LogP contribution in [0.15, 0.2) is 122 Å². The maximum atomic E-state index is 4.91. The predicted octanol–water partition coefficient (Wildman–Crippen LogP) is 9.77. The van der Waals surface area contributed by atoms with E-state index in [2.05, 4.69) is 146 Å². The van der Waals surface area contributed by atoms with E-state index in [0.717, 1.165) is 33.9 Å². The number of hydrogen-bond acceptors (Lipinski definition) is 3. The molecule has 5 nitrogen and oxygen atoms in total. The quantitative estimate of drug-likeness (QED) is 0.211. The summed E-state index contributed by atoms with van der Waals surface area (Å²) < 4.78 is 4.26. The van der Waals surface area contributed by atoms with Crippen molar-refractivity contribution in [3.05, 3.63) is 138 Å². The first-order valence-corrected chi connectivity index (χ1v) is 15.3. The minimum atomic E-state index is -0.165. The number of benzene rings is 4. The molecule has 4 aromatic carbocycles. The molecule has 8 rings (SSSR count). The van der Waals surface area contributed by atoms with Gasteiger partial charge in [0.1, 0.15) is 5.82 Å². The highest BCUT2D eigenvalue weighted by Gasteiger charge is 2.37. The van der Waals surface area contributed by atoms with Crippen molar-refractivity contribution in [3.63, 3.8) is 0 Å². The molecule has 5 heteroatoms. The highest BCUT2D eigenvalue weighted by Crippen LogP contribution is 2.52. The molecular formula is C39H35N5. The summed E-state index contributed by atoms with van der Waals surface area (Å²) >= 11 is 0. The van der Waals surface area contributed by atoms with Gasteiger partial charge in [0, 0.05) is 40.5 Å². The lowest BCUT2D eigenvalue weighted by atomic mass is 9.73. The summed E-state index contributed by atoms with van der Waals surface area (Å²) in [5, 5.41) is 6.97. The molecule has 0 unspecified atom stereocenters. The molecule has 1 aliphatic rings. The first-order chi connectivity index (χ1) is 21.2. The number of rotatable bonds is 3. The molecule has 44 heavy (non-hydrogen) atoms. The molecule has 216 valence electrons. The number of pyridine rings is 1. The standard InChI is InChI=1S/C39H35N5/c1-38(2,3)26-19-21-40-37(23-26)44-33-13-8-6-11-29(33)30-17-15-28(25-35(30)44)43-34-14-9-7-12-31(34)39(4,5)32-18-16-27(24-36(32)43)42-22-10-20-41-42/h6-25H,1-5H3. The molecule has 0 spiro atoms. The van der Waals surface area contributed by atoms with E-state index in [0.29, 0.717) is 0 Å².